The largest absolute Gasteiger partial charge is 0.466 e. The number of rotatable bonds is 5. The van der Waals surface area contributed by atoms with Gasteiger partial charge in [0, 0.05) is 6.08 Å². The van der Waals surface area contributed by atoms with Crippen LogP contribution < -0.4 is 0 Å². The zero-order valence-electron chi connectivity index (χ0n) is 8.87. The molecule has 0 aliphatic carbocycles. The number of allylic oxidation sites excluding steroid dienone is 3. The number of hydrogen-bond acceptors (Lipinski definition) is 3. The van der Waals surface area contributed by atoms with Crippen LogP contribution in [-0.2, 0) is 14.3 Å². The summed E-state index contributed by atoms with van der Waals surface area (Å²) >= 11 is 0. The second-order valence-corrected chi connectivity index (χ2v) is 3.07. The standard InChI is InChI=1S/C11H16O3/c1-9(8-11(13)14-3)6-4-5-7-10(2)12/h5,7-8H,4,6H2,1-3H3/b7-5+,9-8+. The highest BCUT2D eigenvalue weighted by molar-refractivity contribution is 5.87. The number of esters is 1. The van der Waals surface area contributed by atoms with Crippen molar-refractivity contribution in [2.45, 2.75) is 26.7 Å². The van der Waals surface area contributed by atoms with E-state index in [1.165, 1.54) is 26.2 Å². The third-order valence-electron chi connectivity index (χ3n) is 1.62. The van der Waals surface area contributed by atoms with E-state index in [9.17, 15) is 9.59 Å². The van der Waals surface area contributed by atoms with Gasteiger partial charge in [-0.3, -0.25) is 4.79 Å². The second-order valence-electron chi connectivity index (χ2n) is 3.07. The molecule has 0 saturated heterocycles. The normalized spacial score (nSPS) is 11.8. The molecular formula is C11H16O3. The van der Waals surface area contributed by atoms with Crippen molar-refractivity contribution < 1.29 is 14.3 Å². The number of carbonyl (C=O) groups excluding carboxylic acids is 2. The van der Waals surface area contributed by atoms with Crippen molar-refractivity contribution >= 4 is 11.8 Å². The van der Waals surface area contributed by atoms with Gasteiger partial charge in [-0.2, -0.15) is 0 Å². The molecule has 0 unspecified atom stereocenters. The zero-order valence-corrected chi connectivity index (χ0v) is 8.87. The molecule has 0 heterocycles. The van der Waals surface area contributed by atoms with Gasteiger partial charge >= 0.3 is 5.97 Å². The van der Waals surface area contributed by atoms with Crippen LogP contribution in [0.1, 0.15) is 26.7 Å². The Labute approximate surface area is 84.4 Å². The summed E-state index contributed by atoms with van der Waals surface area (Å²) in [5, 5.41) is 0. The summed E-state index contributed by atoms with van der Waals surface area (Å²) < 4.78 is 4.48. The van der Waals surface area contributed by atoms with E-state index in [0.29, 0.717) is 0 Å². The molecule has 0 aromatic heterocycles. The van der Waals surface area contributed by atoms with Gasteiger partial charge in [-0.1, -0.05) is 11.6 Å². The Kier molecular flexibility index (Phi) is 6.37. The summed E-state index contributed by atoms with van der Waals surface area (Å²) in [6.45, 7) is 3.37. The van der Waals surface area contributed by atoms with Crippen LogP contribution in [0, 0.1) is 0 Å². The Bertz CT molecular complexity index is 262. The predicted octanol–water partition coefficient (Wildman–Crippen LogP) is 2.03. The zero-order chi connectivity index (χ0) is 11.0. The summed E-state index contributed by atoms with van der Waals surface area (Å²) in [7, 11) is 1.35. The van der Waals surface area contributed by atoms with E-state index in [1.807, 2.05) is 6.92 Å². The van der Waals surface area contributed by atoms with Gasteiger partial charge in [0.25, 0.3) is 0 Å². The minimum atomic E-state index is -0.335. The molecule has 0 aliphatic heterocycles. The van der Waals surface area contributed by atoms with Crippen LogP contribution in [0.5, 0.6) is 0 Å². The first-order chi connectivity index (χ1) is 6.56. The number of hydrogen-bond donors (Lipinski definition) is 0. The first kappa shape index (κ1) is 12.6. The van der Waals surface area contributed by atoms with E-state index in [4.69, 9.17) is 0 Å². The Hall–Kier alpha value is -1.38. The lowest BCUT2D eigenvalue weighted by Gasteiger charge is -1.96. The third kappa shape index (κ3) is 7.28. The Morgan fingerprint density at radius 1 is 1.29 bits per heavy atom. The van der Waals surface area contributed by atoms with E-state index in [-0.39, 0.29) is 11.8 Å². The Morgan fingerprint density at radius 2 is 1.93 bits per heavy atom. The molecule has 0 aromatic rings. The summed E-state index contributed by atoms with van der Waals surface area (Å²) in [6.07, 6.45) is 6.32. The van der Waals surface area contributed by atoms with Gasteiger partial charge in [-0.05, 0) is 32.8 Å². The fourth-order valence-corrected chi connectivity index (χ4v) is 0.893. The van der Waals surface area contributed by atoms with Crippen LogP contribution in [0.3, 0.4) is 0 Å². The molecule has 0 rings (SSSR count). The van der Waals surface area contributed by atoms with Gasteiger partial charge in [-0.15, -0.1) is 0 Å². The van der Waals surface area contributed by atoms with Crippen LogP contribution in [-0.4, -0.2) is 18.9 Å². The molecule has 78 valence electrons. The fourth-order valence-electron chi connectivity index (χ4n) is 0.893. The lowest BCUT2D eigenvalue weighted by molar-refractivity contribution is -0.134. The highest BCUT2D eigenvalue weighted by Crippen LogP contribution is 2.04. The summed E-state index contributed by atoms with van der Waals surface area (Å²) in [4.78, 5) is 21.3. The van der Waals surface area contributed by atoms with Crippen LogP contribution in [0.15, 0.2) is 23.8 Å². The van der Waals surface area contributed by atoms with Crippen molar-refractivity contribution in [1.29, 1.82) is 0 Å². The molecule has 0 radical (unpaired) electrons. The predicted molar refractivity (Wildman–Crippen MR) is 54.8 cm³/mol. The molecule has 0 fully saturated rings. The van der Waals surface area contributed by atoms with Crippen molar-refractivity contribution in [1.82, 2.24) is 0 Å². The van der Waals surface area contributed by atoms with Crippen LogP contribution in [0.2, 0.25) is 0 Å². The maximum absolute atomic E-state index is 10.8. The van der Waals surface area contributed by atoms with Crippen molar-refractivity contribution in [3.05, 3.63) is 23.8 Å². The van der Waals surface area contributed by atoms with E-state index < -0.39 is 0 Å². The van der Waals surface area contributed by atoms with Crippen LogP contribution in [0.4, 0.5) is 0 Å². The number of ketones is 1. The van der Waals surface area contributed by atoms with Gasteiger partial charge in [0.1, 0.15) is 0 Å². The molecule has 14 heavy (non-hydrogen) atoms. The molecular weight excluding hydrogens is 180 g/mol. The molecule has 0 N–H and O–H groups in total. The number of carbonyl (C=O) groups is 2. The third-order valence-corrected chi connectivity index (χ3v) is 1.62. The lowest BCUT2D eigenvalue weighted by atomic mass is 10.1. The van der Waals surface area contributed by atoms with Gasteiger partial charge in [-0.25, -0.2) is 4.79 Å². The quantitative estimate of drug-likeness (QED) is 0.499. The topological polar surface area (TPSA) is 43.4 Å². The molecule has 0 atom stereocenters. The van der Waals surface area contributed by atoms with Gasteiger partial charge in [0.05, 0.1) is 7.11 Å². The summed E-state index contributed by atoms with van der Waals surface area (Å²) in [5.74, 6) is -0.294. The average molecular weight is 196 g/mol. The molecule has 0 aliphatic rings. The van der Waals surface area contributed by atoms with Gasteiger partial charge < -0.3 is 4.74 Å². The summed E-state index contributed by atoms with van der Waals surface area (Å²) in [5.41, 5.74) is 0.949. The lowest BCUT2D eigenvalue weighted by Crippen LogP contribution is -1.95. The number of ether oxygens (including phenoxy) is 1. The smallest absolute Gasteiger partial charge is 0.330 e. The minimum Gasteiger partial charge on any atom is -0.466 e. The summed E-state index contributed by atoms with van der Waals surface area (Å²) in [6, 6.07) is 0. The van der Waals surface area contributed by atoms with E-state index >= 15 is 0 Å². The van der Waals surface area contributed by atoms with Crippen LogP contribution in [0.25, 0.3) is 0 Å². The van der Waals surface area contributed by atoms with E-state index in [1.54, 1.807) is 6.08 Å². The minimum absolute atomic E-state index is 0.0413. The van der Waals surface area contributed by atoms with E-state index in [2.05, 4.69) is 4.74 Å². The van der Waals surface area contributed by atoms with E-state index in [0.717, 1.165) is 18.4 Å². The maximum atomic E-state index is 10.8. The van der Waals surface area contributed by atoms with Gasteiger partial charge in [0.2, 0.25) is 0 Å². The highest BCUT2D eigenvalue weighted by atomic mass is 16.5. The van der Waals surface area contributed by atoms with Crippen molar-refractivity contribution in [2.24, 2.45) is 0 Å². The van der Waals surface area contributed by atoms with Crippen LogP contribution >= 0.6 is 0 Å². The monoisotopic (exact) mass is 196 g/mol. The van der Waals surface area contributed by atoms with Gasteiger partial charge in [0.15, 0.2) is 5.78 Å². The molecule has 0 saturated carbocycles. The van der Waals surface area contributed by atoms with Crippen molar-refractivity contribution in [3.63, 3.8) is 0 Å². The molecule has 3 heteroatoms. The Morgan fingerprint density at radius 3 is 2.43 bits per heavy atom. The molecule has 0 aromatic carbocycles. The molecule has 3 nitrogen and oxygen atoms in total. The SMILES string of the molecule is COC(=O)/C=C(\C)CC/C=C/C(C)=O. The number of methoxy groups -OCH3 is 1. The maximum Gasteiger partial charge on any atom is 0.330 e. The average Bonchev–Trinajstić information content (AvgIpc) is 2.12. The molecule has 0 spiro atoms. The first-order valence-electron chi connectivity index (χ1n) is 4.48. The fraction of sp³-hybridized carbons (Fsp3) is 0.455. The van der Waals surface area contributed by atoms with Crippen molar-refractivity contribution in [2.75, 3.05) is 7.11 Å². The highest BCUT2D eigenvalue weighted by Gasteiger charge is 1.95. The second kappa shape index (κ2) is 7.06. The Balaban J connectivity index is 3.85. The first-order valence-corrected chi connectivity index (χ1v) is 4.48. The molecule has 0 amide bonds. The molecule has 0 bridgehead atoms. The van der Waals surface area contributed by atoms with Crippen molar-refractivity contribution in [3.8, 4) is 0 Å².